The lowest BCUT2D eigenvalue weighted by atomic mass is 9.90. The first kappa shape index (κ1) is 28.1. The molecule has 0 fully saturated rings. The van der Waals surface area contributed by atoms with E-state index >= 15 is 0 Å². The van der Waals surface area contributed by atoms with Gasteiger partial charge < -0.3 is 14.5 Å². The summed E-state index contributed by atoms with van der Waals surface area (Å²) in [6, 6.07) is 16.5. The molecule has 10 heteroatoms. The van der Waals surface area contributed by atoms with Crippen molar-refractivity contribution < 1.29 is 14.3 Å². The van der Waals surface area contributed by atoms with Gasteiger partial charge in [0.2, 0.25) is 0 Å². The highest BCUT2D eigenvalue weighted by Crippen LogP contribution is 2.41. The van der Waals surface area contributed by atoms with E-state index in [1.54, 1.807) is 28.5 Å². The number of fused-ring (bicyclic) bond motifs is 3. The molecule has 0 bridgehead atoms. The molecule has 2 amide bonds. The van der Waals surface area contributed by atoms with Crippen LogP contribution in [-0.4, -0.2) is 48.5 Å². The summed E-state index contributed by atoms with van der Waals surface area (Å²) in [5.41, 5.74) is 3.01. The summed E-state index contributed by atoms with van der Waals surface area (Å²) in [4.78, 5) is 50.8. The van der Waals surface area contributed by atoms with Crippen molar-refractivity contribution in [2.75, 3.05) is 32.1 Å². The predicted octanol–water partition coefficient (Wildman–Crippen LogP) is 4.37. The molecule has 214 valence electrons. The molecule has 0 radical (unpaired) electrons. The molecule has 3 heterocycles. The quantitative estimate of drug-likeness (QED) is 0.323. The molecule has 0 saturated carbocycles. The summed E-state index contributed by atoms with van der Waals surface area (Å²) >= 11 is 4.69. The number of thiazole rings is 1. The molecule has 0 N–H and O–H groups in total. The second kappa shape index (κ2) is 10.7. The van der Waals surface area contributed by atoms with Crippen LogP contribution in [0.3, 0.4) is 0 Å². The van der Waals surface area contributed by atoms with Crippen LogP contribution in [0.5, 0.6) is 5.75 Å². The van der Waals surface area contributed by atoms with Gasteiger partial charge in [-0.2, -0.15) is 0 Å². The Balaban J connectivity index is 1.74. The van der Waals surface area contributed by atoms with Gasteiger partial charge in [0.1, 0.15) is 16.3 Å². The second-order valence-electron chi connectivity index (χ2n) is 10.2. The molecule has 8 nitrogen and oxygen atoms in total. The number of hydrogen-bond acceptors (Lipinski definition) is 6. The number of carbonyl (C=O) groups excluding carboxylic acids is 2. The summed E-state index contributed by atoms with van der Waals surface area (Å²) in [5.74, 6) is 0.107. The minimum atomic E-state index is -0.819. The summed E-state index contributed by atoms with van der Waals surface area (Å²) < 4.78 is 8.54. The number of hydrogen-bond donors (Lipinski definition) is 0. The highest BCUT2D eigenvalue weighted by Gasteiger charge is 2.38. The Hall–Kier alpha value is -4.02. The van der Waals surface area contributed by atoms with Gasteiger partial charge in [0, 0.05) is 35.7 Å². The second-order valence-corrected chi connectivity index (χ2v) is 12.1. The molecular weight excluding hydrogens is 616 g/mol. The van der Waals surface area contributed by atoms with Crippen molar-refractivity contribution in [3.8, 4) is 5.75 Å². The van der Waals surface area contributed by atoms with Crippen LogP contribution >= 0.6 is 27.3 Å². The molecule has 4 aromatic rings. The number of carbonyl (C=O) groups is 2. The fourth-order valence-corrected chi connectivity index (χ4v) is 7.45. The van der Waals surface area contributed by atoms with Crippen molar-refractivity contribution in [1.29, 1.82) is 0 Å². The number of allylic oxidation sites excluding steroid dienone is 1. The minimum Gasteiger partial charge on any atom is -0.496 e. The average Bonchev–Trinajstić information content (AvgIpc) is 3.43. The van der Waals surface area contributed by atoms with Crippen molar-refractivity contribution >= 4 is 61.1 Å². The average molecular weight is 646 g/mol. The van der Waals surface area contributed by atoms with E-state index in [2.05, 4.69) is 15.9 Å². The SMILES string of the molecule is CCN(CC)C(=O)C1=C(C)N=c2s/c(=C3/C(=O)N(C)c4ccc(Br)cc43)c(=O)n2[C@H]1c1c(OC)ccc2ccccc12. The van der Waals surface area contributed by atoms with Gasteiger partial charge in [0.25, 0.3) is 17.4 Å². The molecule has 6 rings (SSSR count). The maximum absolute atomic E-state index is 14.6. The third-order valence-electron chi connectivity index (χ3n) is 8.04. The molecule has 3 aromatic carbocycles. The fourth-order valence-electron chi connectivity index (χ4n) is 5.95. The molecule has 0 aliphatic carbocycles. The molecule has 42 heavy (non-hydrogen) atoms. The largest absolute Gasteiger partial charge is 0.496 e. The highest BCUT2D eigenvalue weighted by atomic mass is 79.9. The van der Waals surface area contributed by atoms with E-state index in [4.69, 9.17) is 9.73 Å². The van der Waals surface area contributed by atoms with Crippen molar-refractivity contribution in [1.82, 2.24) is 9.47 Å². The Morgan fingerprint density at radius 3 is 2.55 bits per heavy atom. The number of methoxy groups -OCH3 is 1. The third-order valence-corrected chi connectivity index (χ3v) is 9.58. The summed E-state index contributed by atoms with van der Waals surface area (Å²) in [6.07, 6.45) is 0. The number of benzene rings is 3. The van der Waals surface area contributed by atoms with Crippen LogP contribution in [0.25, 0.3) is 16.3 Å². The Kier molecular flexibility index (Phi) is 7.14. The Morgan fingerprint density at radius 2 is 1.83 bits per heavy atom. The van der Waals surface area contributed by atoms with Crippen molar-refractivity contribution in [3.63, 3.8) is 0 Å². The van der Waals surface area contributed by atoms with E-state index in [9.17, 15) is 14.4 Å². The van der Waals surface area contributed by atoms with Crippen molar-refractivity contribution in [2.45, 2.75) is 26.8 Å². The van der Waals surface area contributed by atoms with Crippen LogP contribution in [0.1, 0.15) is 37.9 Å². The maximum atomic E-state index is 14.6. The first-order valence-electron chi connectivity index (χ1n) is 13.7. The van der Waals surface area contributed by atoms with Crippen LogP contribution in [0, 0.1) is 0 Å². The molecule has 0 unspecified atom stereocenters. The smallest absolute Gasteiger partial charge is 0.271 e. The third kappa shape index (κ3) is 4.15. The molecule has 0 saturated heterocycles. The Labute approximate surface area is 255 Å². The lowest BCUT2D eigenvalue weighted by Crippen LogP contribution is -2.43. The number of nitrogens with zero attached hydrogens (tertiary/aromatic N) is 4. The van der Waals surface area contributed by atoms with Crippen LogP contribution in [0.4, 0.5) is 5.69 Å². The lowest BCUT2D eigenvalue weighted by molar-refractivity contribution is -0.127. The first-order chi connectivity index (χ1) is 20.2. The summed E-state index contributed by atoms with van der Waals surface area (Å²) in [6.45, 7) is 6.68. The van der Waals surface area contributed by atoms with Crippen LogP contribution in [0.2, 0.25) is 0 Å². The molecule has 1 aromatic heterocycles. The molecule has 0 spiro atoms. The number of ether oxygens (including phenoxy) is 1. The van der Waals surface area contributed by atoms with Crippen LogP contribution in [-0.2, 0) is 9.59 Å². The number of likely N-dealkylation sites (N-methyl/N-ethyl adjacent to an activating group) is 2. The zero-order valence-electron chi connectivity index (χ0n) is 23.9. The molecule has 2 aliphatic rings. The fraction of sp³-hybridized carbons (Fsp3) is 0.250. The van der Waals surface area contributed by atoms with E-state index in [1.807, 2.05) is 75.4 Å². The van der Waals surface area contributed by atoms with Crippen LogP contribution in [0.15, 0.2) is 80.1 Å². The normalized spacial score (nSPS) is 17.3. The molecule has 1 atom stereocenters. The van der Waals surface area contributed by atoms with E-state index < -0.39 is 6.04 Å². The van der Waals surface area contributed by atoms with Gasteiger partial charge in [-0.25, -0.2) is 4.99 Å². The minimum absolute atomic E-state index is 0.190. The van der Waals surface area contributed by atoms with E-state index in [0.29, 0.717) is 51.6 Å². The van der Waals surface area contributed by atoms with Gasteiger partial charge >= 0.3 is 0 Å². The summed E-state index contributed by atoms with van der Waals surface area (Å²) in [7, 11) is 3.29. The zero-order chi connectivity index (χ0) is 29.9. The van der Waals surface area contributed by atoms with Gasteiger partial charge in [-0.05, 0) is 55.8 Å². The van der Waals surface area contributed by atoms with E-state index in [1.165, 1.54) is 11.3 Å². The lowest BCUT2D eigenvalue weighted by Gasteiger charge is -2.30. The van der Waals surface area contributed by atoms with Gasteiger partial charge in [0.15, 0.2) is 4.80 Å². The number of halogens is 1. The van der Waals surface area contributed by atoms with Gasteiger partial charge in [-0.3, -0.25) is 19.0 Å². The summed E-state index contributed by atoms with van der Waals surface area (Å²) in [5, 5.41) is 1.82. The van der Waals surface area contributed by atoms with Gasteiger partial charge in [-0.15, -0.1) is 0 Å². The first-order valence-corrected chi connectivity index (χ1v) is 15.3. The van der Waals surface area contributed by atoms with Crippen molar-refractivity contribution in [2.24, 2.45) is 4.99 Å². The number of amides is 2. The molecular formula is C32H29BrN4O4S. The zero-order valence-corrected chi connectivity index (χ0v) is 26.3. The highest BCUT2D eigenvalue weighted by molar-refractivity contribution is 9.10. The topological polar surface area (TPSA) is 84.2 Å². The van der Waals surface area contributed by atoms with Gasteiger partial charge in [-0.1, -0.05) is 57.6 Å². The maximum Gasteiger partial charge on any atom is 0.271 e. The molecule has 2 aliphatic heterocycles. The number of rotatable bonds is 5. The van der Waals surface area contributed by atoms with E-state index in [-0.39, 0.29) is 21.9 Å². The Morgan fingerprint density at radius 1 is 1.10 bits per heavy atom. The number of aromatic nitrogens is 1. The van der Waals surface area contributed by atoms with Gasteiger partial charge in [0.05, 0.1) is 29.6 Å². The van der Waals surface area contributed by atoms with Crippen LogP contribution < -0.4 is 24.5 Å². The Bertz CT molecular complexity index is 2020. The number of anilines is 1. The standard InChI is InChI=1S/C32H29BrN4O4S/c1-6-36(7-2)30(39)24-17(3)34-32-37(27(24)25-20-11-9-8-10-18(20)12-15-23(25)41-5)31(40)28(42-32)26-21-16-19(33)13-14-22(21)35(4)29(26)38/h8-16,27H,6-7H2,1-5H3/b28-26+/t27-/m1/s1. The van der Waals surface area contributed by atoms with E-state index in [0.717, 1.165) is 20.9 Å². The predicted molar refractivity (Wildman–Crippen MR) is 169 cm³/mol. The van der Waals surface area contributed by atoms with Crippen molar-refractivity contribution in [3.05, 3.63) is 101 Å². The monoisotopic (exact) mass is 644 g/mol.